The lowest BCUT2D eigenvalue weighted by molar-refractivity contribution is 0.0944. The highest BCUT2D eigenvalue weighted by Crippen LogP contribution is 2.39. The first-order valence-electron chi connectivity index (χ1n) is 6.51. The fourth-order valence-electron chi connectivity index (χ4n) is 2.46. The monoisotopic (exact) mass is 288 g/mol. The van der Waals surface area contributed by atoms with Crippen LogP contribution in [0.2, 0.25) is 0 Å². The van der Waals surface area contributed by atoms with Crippen LogP contribution in [0, 0.1) is 0 Å². The number of nitrogens with two attached hydrogens (primary N) is 1. The van der Waals surface area contributed by atoms with Crippen LogP contribution in [-0.4, -0.2) is 19.1 Å². The number of nitrogens with one attached hydrogen (secondary N) is 1. The molecule has 1 aromatic carbocycles. The molecule has 104 valence electrons. The Balaban J connectivity index is 1.95. The van der Waals surface area contributed by atoms with Crippen LogP contribution >= 0.6 is 11.3 Å². The minimum absolute atomic E-state index is 0.0977. The van der Waals surface area contributed by atoms with Gasteiger partial charge in [-0.15, -0.1) is 11.3 Å². The molecule has 0 saturated heterocycles. The van der Waals surface area contributed by atoms with Gasteiger partial charge in [0, 0.05) is 10.7 Å². The summed E-state index contributed by atoms with van der Waals surface area (Å²) in [7, 11) is 1.61. The third kappa shape index (κ3) is 2.14. The van der Waals surface area contributed by atoms with Crippen LogP contribution in [-0.2, 0) is 0 Å². The Hall–Kier alpha value is -2.01. The molecular formula is C15H16N2O2S. The van der Waals surface area contributed by atoms with E-state index in [1.165, 1.54) is 11.3 Å². The molecule has 5 heteroatoms. The van der Waals surface area contributed by atoms with Crippen LogP contribution in [0.25, 0.3) is 10.1 Å². The van der Waals surface area contributed by atoms with E-state index in [9.17, 15) is 4.79 Å². The number of hydrogen-bond acceptors (Lipinski definition) is 4. The predicted molar refractivity (Wildman–Crippen MR) is 82.4 cm³/mol. The Morgan fingerprint density at radius 3 is 2.85 bits per heavy atom. The Morgan fingerprint density at radius 2 is 2.15 bits per heavy atom. The quantitative estimate of drug-likeness (QED) is 0.853. The average Bonchev–Trinajstić information content (AvgIpc) is 3.07. The molecule has 0 unspecified atom stereocenters. The first-order chi connectivity index (χ1) is 9.70. The van der Waals surface area contributed by atoms with E-state index in [0.717, 1.165) is 22.9 Å². The Morgan fingerprint density at radius 1 is 1.40 bits per heavy atom. The van der Waals surface area contributed by atoms with Gasteiger partial charge in [0.2, 0.25) is 0 Å². The normalized spacial score (nSPS) is 14.8. The van der Waals surface area contributed by atoms with Crippen LogP contribution in [0.3, 0.4) is 0 Å². The summed E-state index contributed by atoms with van der Waals surface area (Å²) in [6.45, 7) is 0. The van der Waals surface area contributed by atoms with E-state index in [-0.39, 0.29) is 11.9 Å². The zero-order valence-electron chi connectivity index (χ0n) is 11.2. The summed E-state index contributed by atoms with van der Waals surface area (Å²) in [5, 5.41) is 3.85. The Labute approximate surface area is 121 Å². The van der Waals surface area contributed by atoms with Gasteiger partial charge in [0.15, 0.2) is 0 Å². The lowest BCUT2D eigenvalue weighted by atomic mass is 10.2. The number of ether oxygens (including phenoxy) is 1. The molecule has 0 bridgehead atoms. The van der Waals surface area contributed by atoms with Crippen LogP contribution < -0.4 is 15.8 Å². The third-order valence-corrected chi connectivity index (χ3v) is 4.65. The smallest absolute Gasteiger partial charge is 0.263 e. The molecule has 1 amide bonds. The maximum absolute atomic E-state index is 12.3. The second kappa shape index (κ2) is 5.17. The Bertz CT molecular complexity index is 682. The molecule has 1 aliphatic rings. The first kappa shape index (κ1) is 13.0. The van der Waals surface area contributed by atoms with Crippen molar-refractivity contribution < 1.29 is 9.53 Å². The molecule has 3 N–H and O–H groups in total. The maximum Gasteiger partial charge on any atom is 0.263 e. The largest absolute Gasteiger partial charge is 0.496 e. The fourth-order valence-corrected chi connectivity index (χ4v) is 3.51. The highest BCUT2D eigenvalue weighted by molar-refractivity contribution is 7.21. The summed E-state index contributed by atoms with van der Waals surface area (Å²) < 4.78 is 6.29. The van der Waals surface area contributed by atoms with Gasteiger partial charge in [-0.25, -0.2) is 0 Å². The van der Waals surface area contributed by atoms with Gasteiger partial charge in [-0.05, 0) is 25.0 Å². The number of hydrogen-bond donors (Lipinski definition) is 2. The van der Waals surface area contributed by atoms with Crippen LogP contribution in [0.15, 0.2) is 30.4 Å². The van der Waals surface area contributed by atoms with Crippen molar-refractivity contribution >= 4 is 33.0 Å². The minimum atomic E-state index is -0.0977. The van der Waals surface area contributed by atoms with Gasteiger partial charge in [0.25, 0.3) is 5.91 Å². The van der Waals surface area contributed by atoms with E-state index in [2.05, 4.69) is 17.5 Å². The molecule has 2 aromatic rings. The number of carbonyl (C=O) groups excluding carboxylic acids is 1. The molecule has 0 radical (unpaired) electrons. The average molecular weight is 288 g/mol. The van der Waals surface area contributed by atoms with Crippen LogP contribution in [0.4, 0.5) is 5.69 Å². The zero-order chi connectivity index (χ0) is 14.1. The van der Waals surface area contributed by atoms with Gasteiger partial charge in [0.1, 0.15) is 10.6 Å². The van der Waals surface area contributed by atoms with Gasteiger partial charge in [-0.3, -0.25) is 4.79 Å². The van der Waals surface area contributed by atoms with Crippen molar-refractivity contribution in [2.45, 2.75) is 18.9 Å². The fraction of sp³-hybridized carbons (Fsp3) is 0.267. The summed E-state index contributed by atoms with van der Waals surface area (Å²) in [6.07, 6.45) is 5.95. The molecule has 20 heavy (non-hydrogen) atoms. The topological polar surface area (TPSA) is 64.3 Å². The molecule has 1 aromatic heterocycles. The lowest BCUT2D eigenvalue weighted by Gasteiger charge is -2.11. The second-order valence-electron chi connectivity index (χ2n) is 4.79. The lowest BCUT2D eigenvalue weighted by Crippen LogP contribution is -2.32. The predicted octanol–water partition coefficient (Wildman–Crippen LogP) is 2.94. The number of methoxy groups -OCH3 is 1. The van der Waals surface area contributed by atoms with Gasteiger partial charge < -0.3 is 15.8 Å². The molecule has 0 fully saturated rings. The number of fused-ring (bicyclic) bond motifs is 1. The first-order valence-corrected chi connectivity index (χ1v) is 7.33. The number of anilines is 1. The number of benzene rings is 1. The van der Waals surface area contributed by atoms with E-state index < -0.39 is 0 Å². The van der Waals surface area contributed by atoms with Crippen molar-refractivity contribution in [1.82, 2.24) is 5.32 Å². The second-order valence-corrected chi connectivity index (χ2v) is 5.84. The van der Waals surface area contributed by atoms with E-state index in [1.54, 1.807) is 7.11 Å². The summed E-state index contributed by atoms with van der Waals surface area (Å²) in [5.74, 6) is 0.609. The summed E-state index contributed by atoms with van der Waals surface area (Å²) in [4.78, 5) is 12.9. The van der Waals surface area contributed by atoms with Crippen molar-refractivity contribution in [3.63, 3.8) is 0 Å². The van der Waals surface area contributed by atoms with Crippen LogP contribution in [0.1, 0.15) is 22.5 Å². The summed E-state index contributed by atoms with van der Waals surface area (Å²) in [6, 6.07) is 5.90. The van der Waals surface area contributed by atoms with E-state index in [1.807, 2.05) is 18.2 Å². The highest BCUT2D eigenvalue weighted by Gasteiger charge is 2.21. The van der Waals surface area contributed by atoms with E-state index >= 15 is 0 Å². The van der Waals surface area contributed by atoms with Gasteiger partial charge in [0.05, 0.1) is 18.2 Å². The zero-order valence-corrected chi connectivity index (χ0v) is 12.0. The van der Waals surface area contributed by atoms with Crippen molar-refractivity contribution in [3.05, 3.63) is 35.2 Å². The summed E-state index contributed by atoms with van der Waals surface area (Å²) in [5.41, 5.74) is 6.65. The van der Waals surface area contributed by atoms with Crippen LogP contribution in [0.5, 0.6) is 5.75 Å². The maximum atomic E-state index is 12.3. The number of thiophene rings is 1. The Kier molecular flexibility index (Phi) is 3.36. The molecule has 3 rings (SSSR count). The molecule has 0 aliphatic heterocycles. The molecule has 1 aliphatic carbocycles. The minimum Gasteiger partial charge on any atom is -0.496 e. The standard InChI is InChI=1S/C15H16N2O2S/c1-19-10-7-4-8-11-12(10)13(16)14(20-11)15(18)17-9-5-2-3-6-9/h2-4,7-9H,5-6,16H2,1H3,(H,17,18). The SMILES string of the molecule is COc1cccc2sc(C(=O)NC3CC=CC3)c(N)c12. The third-order valence-electron chi connectivity index (χ3n) is 3.48. The number of rotatable bonds is 3. The molecule has 0 atom stereocenters. The van der Waals surface area contributed by atoms with Gasteiger partial charge in [-0.2, -0.15) is 0 Å². The molecular weight excluding hydrogens is 272 g/mol. The van der Waals surface area contributed by atoms with Crippen molar-refractivity contribution in [2.75, 3.05) is 12.8 Å². The van der Waals surface area contributed by atoms with Crippen molar-refractivity contribution in [2.24, 2.45) is 0 Å². The van der Waals surface area contributed by atoms with E-state index in [0.29, 0.717) is 16.3 Å². The van der Waals surface area contributed by atoms with Crippen molar-refractivity contribution in [1.29, 1.82) is 0 Å². The summed E-state index contributed by atoms with van der Waals surface area (Å²) >= 11 is 1.41. The van der Waals surface area contributed by atoms with Gasteiger partial charge >= 0.3 is 0 Å². The van der Waals surface area contributed by atoms with Crippen molar-refractivity contribution in [3.8, 4) is 5.75 Å². The molecule has 0 spiro atoms. The molecule has 0 saturated carbocycles. The number of amides is 1. The number of nitrogen functional groups attached to an aromatic ring is 1. The van der Waals surface area contributed by atoms with E-state index in [4.69, 9.17) is 10.5 Å². The molecule has 1 heterocycles. The molecule has 4 nitrogen and oxygen atoms in total. The van der Waals surface area contributed by atoms with Gasteiger partial charge in [-0.1, -0.05) is 18.2 Å². The highest BCUT2D eigenvalue weighted by atomic mass is 32.1. The number of carbonyl (C=O) groups is 1.